The van der Waals surface area contributed by atoms with Crippen molar-refractivity contribution >= 4 is 21.8 Å². The minimum atomic E-state index is -3.37. The van der Waals surface area contributed by atoms with Crippen LogP contribution in [0.3, 0.4) is 0 Å². The molecule has 0 saturated carbocycles. The van der Waals surface area contributed by atoms with Crippen molar-refractivity contribution in [1.29, 1.82) is 5.26 Å². The Kier molecular flexibility index (Phi) is 9.28. The Morgan fingerprint density at radius 3 is 2.41 bits per heavy atom. The third-order valence-corrected chi connectivity index (χ3v) is 8.29. The number of carbonyl (C=O) groups excluding carboxylic acids is 2. The van der Waals surface area contributed by atoms with Gasteiger partial charge in [-0.15, -0.1) is 0 Å². The van der Waals surface area contributed by atoms with Crippen molar-refractivity contribution in [3.05, 3.63) is 54.1 Å². The van der Waals surface area contributed by atoms with E-state index in [1.807, 2.05) is 69.4 Å². The molecule has 39 heavy (non-hydrogen) atoms. The maximum atomic E-state index is 13.0. The molecule has 0 aromatic heterocycles. The van der Waals surface area contributed by atoms with Gasteiger partial charge in [0.05, 0.1) is 17.7 Å². The molecule has 2 aromatic carbocycles. The van der Waals surface area contributed by atoms with Gasteiger partial charge in [0.25, 0.3) is 0 Å². The van der Waals surface area contributed by atoms with E-state index in [9.17, 15) is 23.3 Å². The van der Waals surface area contributed by atoms with Gasteiger partial charge in [-0.1, -0.05) is 36.4 Å². The molecular weight excluding hydrogens is 518 g/mol. The highest BCUT2D eigenvalue weighted by Gasteiger charge is 2.31. The number of likely N-dealkylation sites (tertiary alicyclic amines) is 1. The number of rotatable bonds is 8. The van der Waals surface area contributed by atoms with E-state index >= 15 is 0 Å². The van der Waals surface area contributed by atoms with E-state index in [0.29, 0.717) is 30.8 Å². The summed E-state index contributed by atoms with van der Waals surface area (Å²) < 4.78 is 35.9. The Balaban J connectivity index is 1.80. The molecule has 2 amide bonds. The topological polar surface area (TPSA) is 117 Å². The van der Waals surface area contributed by atoms with Gasteiger partial charge in [0.1, 0.15) is 27.3 Å². The number of carbonyl (C=O) groups is 2. The first-order chi connectivity index (χ1) is 18.2. The second kappa shape index (κ2) is 12.1. The first-order valence-corrected chi connectivity index (χ1v) is 14.8. The number of nitriles is 1. The Labute approximate surface area is 231 Å². The van der Waals surface area contributed by atoms with Crippen molar-refractivity contribution in [3.8, 4) is 23.1 Å². The Morgan fingerprint density at radius 1 is 1.15 bits per heavy atom. The molecule has 0 N–H and O–H groups in total. The molecule has 0 radical (unpaired) electrons. The maximum Gasteiger partial charge on any atom is 0.410 e. The quantitative estimate of drug-likeness (QED) is 0.345. The molecule has 0 bridgehead atoms. The molecule has 210 valence electrons. The molecule has 1 heterocycles. The lowest BCUT2D eigenvalue weighted by Crippen LogP contribution is -2.36. The average Bonchev–Trinajstić information content (AvgIpc) is 3.33. The number of amides is 2. The van der Waals surface area contributed by atoms with Gasteiger partial charge in [0.15, 0.2) is 6.19 Å². The molecule has 0 aliphatic carbocycles. The molecule has 0 spiro atoms. The molecule has 1 aliphatic heterocycles. The largest absolute Gasteiger partial charge is 0.488 e. The minimum Gasteiger partial charge on any atom is -0.488 e. The third-order valence-electron chi connectivity index (χ3n) is 6.63. The van der Waals surface area contributed by atoms with Gasteiger partial charge < -0.3 is 14.4 Å². The summed E-state index contributed by atoms with van der Waals surface area (Å²) >= 11 is 0. The van der Waals surface area contributed by atoms with E-state index in [2.05, 4.69) is 0 Å². The predicted molar refractivity (Wildman–Crippen MR) is 149 cm³/mol. The summed E-state index contributed by atoms with van der Waals surface area (Å²) in [6, 6.07) is 14.9. The van der Waals surface area contributed by atoms with E-state index in [4.69, 9.17) is 9.47 Å². The summed E-state index contributed by atoms with van der Waals surface area (Å²) in [4.78, 5) is 28.0. The summed E-state index contributed by atoms with van der Waals surface area (Å²) in [6.07, 6.45) is 3.20. The summed E-state index contributed by atoms with van der Waals surface area (Å²) in [6.45, 7) is 8.06. The van der Waals surface area contributed by atoms with Gasteiger partial charge in [-0.25, -0.2) is 13.2 Å². The van der Waals surface area contributed by atoms with E-state index in [-0.39, 0.29) is 18.6 Å². The highest BCUT2D eigenvalue weighted by Crippen LogP contribution is 2.31. The van der Waals surface area contributed by atoms with Crippen molar-refractivity contribution in [3.63, 3.8) is 0 Å². The Bertz CT molecular complexity index is 1350. The first-order valence-electron chi connectivity index (χ1n) is 12.9. The lowest BCUT2D eigenvalue weighted by Gasteiger charge is -2.24. The smallest absolute Gasteiger partial charge is 0.410 e. The summed E-state index contributed by atoms with van der Waals surface area (Å²) in [5, 5.41) is 8.51. The summed E-state index contributed by atoms with van der Waals surface area (Å²) in [5.41, 5.74) is 1.75. The van der Waals surface area contributed by atoms with Crippen LogP contribution >= 0.6 is 0 Å². The highest BCUT2D eigenvalue weighted by molar-refractivity contribution is 7.91. The molecule has 1 aliphatic rings. The van der Waals surface area contributed by atoms with Gasteiger partial charge in [-0.05, 0) is 62.9 Å². The van der Waals surface area contributed by atoms with Crippen LogP contribution in [-0.4, -0.2) is 73.6 Å². The third kappa shape index (κ3) is 8.20. The van der Waals surface area contributed by atoms with Crippen LogP contribution in [0.25, 0.3) is 11.1 Å². The number of ether oxygens (including phenoxy) is 2. The van der Waals surface area contributed by atoms with Crippen LogP contribution < -0.4 is 4.74 Å². The number of likely N-dealkylation sites (N-methyl/N-ethyl adjacent to an activating group) is 1. The fourth-order valence-corrected chi connectivity index (χ4v) is 4.90. The van der Waals surface area contributed by atoms with Crippen LogP contribution in [0.4, 0.5) is 4.79 Å². The van der Waals surface area contributed by atoms with E-state index in [1.165, 1.54) is 7.05 Å². The zero-order valence-electron chi connectivity index (χ0n) is 23.4. The number of hydrogen-bond donors (Lipinski definition) is 0. The molecule has 3 atom stereocenters. The lowest BCUT2D eigenvalue weighted by molar-refractivity contribution is -0.128. The standard InChI is InChI=1S/C29H37N3O6S/c1-20(39(6,35)36)15-26(27(33)31(5)19-30)23-11-7-9-21(16-23)22-10-8-12-24(17-22)37-25-13-14-32(18-25)28(34)38-29(2,3)4/h7-12,16-17,20,25-26H,13-15,18H2,1-6H3. The molecule has 1 fully saturated rings. The van der Waals surface area contributed by atoms with E-state index in [0.717, 1.165) is 22.3 Å². The molecule has 9 nitrogen and oxygen atoms in total. The Morgan fingerprint density at radius 2 is 1.79 bits per heavy atom. The Hall–Kier alpha value is -3.58. The zero-order valence-corrected chi connectivity index (χ0v) is 24.2. The molecule has 2 aromatic rings. The SMILES string of the molecule is CC(CC(C(=O)N(C)C#N)c1cccc(-c2cccc(OC3CCN(C(=O)OC(C)(C)C)C3)c2)c1)S(C)(=O)=O. The van der Waals surface area contributed by atoms with Crippen molar-refractivity contribution in [2.45, 2.75) is 63.4 Å². The van der Waals surface area contributed by atoms with Crippen LogP contribution in [0, 0.1) is 11.5 Å². The number of benzene rings is 2. The van der Waals surface area contributed by atoms with Crippen LogP contribution in [-0.2, 0) is 19.4 Å². The van der Waals surface area contributed by atoms with Gasteiger partial charge in [-0.3, -0.25) is 9.69 Å². The maximum absolute atomic E-state index is 13.0. The number of sulfone groups is 1. The van der Waals surface area contributed by atoms with Crippen molar-refractivity contribution in [2.75, 3.05) is 26.4 Å². The number of nitrogens with zero attached hydrogens (tertiary/aromatic N) is 3. The monoisotopic (exact) mass is 555 g/mol. The van der Waals surface area contributed by atoms with E-state index in [1.54, 1.807) is 17.9 Å². The normalized spacial score (nSPS) is 17.2. The van der Waals surface area contributed by atoms with E-state index < -0.39 is 32.5 Å². The van der Waals surface area contributed by atoms with Gasteiger partial charge in [-0.2, -0.15) is 5.26 Å². The minimum absolute atomic E-state index is 0.0616. The van der Waals surface area contributed by atoms with Crippen LogP contribution in [0.2, 0.25) is 0 Å². The highest BCUT2D eigenvalue weighted by atomic mass is 32.2. The van der Waals surface area contributed by atoms with Gasteiger partial charge in [0.2, 0.25) is 5.91 Å². The second-order valence-corrected chi connectivity index (χ2v) is 13.5. The average molecular weight is 556 g/mol. The molecular formula is C29H37N3O6S. The van der Waals surface area contributed by atoms with Crippen LogP contribution in [0.5, 0.6) is 5.75 Å². The zero-order chi connectivity index (χ0) is 29.0. The van der Waals surface area contributed by atoms with Gasteiger partial charge >= 0.3 is 6.09 Å². The molecule has 3 unspecified atom stereocenters. The van der Waals surface area contributed by atoms with Crippen molar-refractivity contribution < 1.29 is 27.5 Å². The molecule has 3 rings (SSSR count). The second-order valence-electron chi connectivity index (χ2n) is 11.0. The fraction of sp³-hybridized carbons (Fsp3) is 0.483. The van der Waals surface area contributed by atoms with Crippen LogP contribution in [0.1, 0.15) is 52.0 Å². The predicted octanol–water partition coefficient (Wildman–Crippen LogP) is 4.59. The summed E-state index contributed by atoms with van der Waals surface area (Å²) in [7, 11) is -2.00. The number of hydrogen-bond acceptors (Lipinski definition) is 7. The fourth-order valence-electron chi connectivity index (χ4n) is 4.36. The van der Waals surface area contributed by atoms with Crippen LogP contribution in [0.15, 0.2) is 48.5 Å². The van der Waals surface area contributed by atoms with Crippen molar-refractivity contribution in [2.24, 2.45) is 0 Å². The lowest BCUT2D eigenvalue weighted by atomic mass is 9.90. The molecule has 10 heteroatoms. The first kappa shape index (κ1) is 30.0. The van der Waals surface area contributed by atoms with Gasteiger partial charge in [0, 0.05) is 26.3 Å². The summed E-state index contributed by atoms with van der Waals surface area (Å²) in [5.74, 6) is -0.606. The van der Waals surface area contributed by atoms with Crippen molar-refractivity contribution in [1.82, 2.24) is 9.80 Å². The molecule has 1 saturated heterocycles.